The van der Waals surface area contributed by atoms with Gasteiger partial charge < -0.3 is 15.8 Å². The highest BCUT2D eigenvalue weighted by Gasteiger charge is 2.30. The molecule has 0 amide bonds. The first-order valence-electron chi connectivity index (χ1n) is 4.86. The van der Waals surface area contributed by atoms with Crippen LogP contribution in [0, 0.1) is 5.92 Å². The van der Waals surface area contributed by atoms with Crippen LogP contribution < -0.4 is 11.1 Å². The molecule has 2 fully saturated rings. The molecule has 0 spiro atoms. The van der Waals surface area contributed by atoms with Gasteiger partial charge in [0.15, 0.2) is 0 Å². The van der Waals surface area contributed by atoms with Gasteiger partial charge in [0, 0.05) is 13.2 Å². The van der Waals surface area contributed by atoms with Crippen LogP contribution in [-0.2, 0) is 4.74 Å². The van der Waals surface area contributed by atoms with Crippen LogP contribution in [0.15, 0.2) is 0 Å². The van der Waals surface area contributed by atoms with Crippen molar-refractivity contribution in [2.75, 3.05) is 26.3 Å². The van der Waals surface area contributed by atoms with E-state index in [4.69, 9.17) is 10.5 Å². The Morgan fingerprint density at radius 1 is 1.50 bits per heavy atom. The lowest BCUT2D eigenvalue weighted by Crippen LogP contribution is -2.49. The van der Waals surface area contributed by atoms with E-state index < -0.39 is 0 Å². The first kappa shape index (κ1) is 8.48. The smallest absolute Gasteiger partial charge is 0.0659 e. The van der Waals surface area contributed by atoms with Gasteiger partial charge in [0.2, 0.25) is 0 Å². The number of ether oxygens (including phenoxy) is 1. The van der Waals surface area contributed by atoms with Gasteiger partial charge in [0.1, 0.15) is 0 Å². The predicted molar refractivity (Wildman–Crippen MR) is 47.9 cm³/mol. The molecule has 1 unspecified atom stereocenters. The minimum Gasteiger partial charge on any atom is -0.379 e. The van der Waals surface area contributed by atoms with E-state index in [-0.39, 0.29) is 5.54 Å². The van der Waals surface area contributed by atoms with Crippen molar-refractivity contribution in [1.29, 1.82) is 0 Å². The zero-order valence-corrected chi connectivity index (χ0v) is 7.51. The molecule has 12 heavy (non-hydrogen) atoms. The molecule has 2 aliphatic rings. The maximum absolute atomic E-state index is 6.08. The molecule has 0 aromatic heterocycles. The number of hydrogen-bond acceptors (Lipinski definition) is 3. The summed E-state index contributed by atoms with van der Waals surface area (Å²) in [5, 5.41) is 3.42. The molecular formula is C9H18N2O. The van der Waals surface area contributed by atoms with Crippen molar-refractivity contribution in [3.8, 4) is 0 Å². The van der Waals surface area contributed by atoms with Crippen LogP contribution in [0.3, 0.4) is 0 Å². The third-order valence-corrected chi connectivity index (χ3v) is 2.74. The average molecular weight is 170 g/mol. The summed E-state index contributed by atoms with van der Waals surface area (Å²) >= 11 is 0. The molecule has 1 aliphatic heterocycles. The molecule has 3 nitrogen and oxygen atoms in total. The summed E-state index contributed by atoms with van der Waals surface area (Å²) in [6, 6.07) is 0. The Morgan fingerprint density at radius 2 is 2.33 bits per heavy atom. The molecule has 1 saturated carbocycles. The Hall–Kier alpha value is -0.120. The number of hydrogen-bond donors (Lipinski definition) is 2. The van der Waals surface area contributed by atoms with Crippen molar-refractivity contribution in [1.82, 2.24) is 5.32 Å². The average Bonchev–Trinajstić information content (AvgIpc) is 2.75. The zero-order valence-electron chi connectivity index (χ0n) is 7.51. The van der Waals surface area contributed by atoms with Crippen molar-refractivity contribution >= 4 is 0 Å². The highest BCUT2D eigenvalue weighted by molar-refractivity contribution is 4.90. The lowest BCUT2D eigenvalue weighted by Gasteiger charge is -2.21. The minimum absolute atomic E-state index is 0.0745. The van der Waals surface area contributed by atoms with Gasteiger partial charge in [-0.2, -0.15) is 0 Å². The fourth-order valence-electron chi connectivity index (χ4n) is 1.61. The zero-order chi connectivity index (χ0) is 8.44. The molecule has 1 atom stereocenters. The second-order valence-corrected chi connectivity index (χ2v) is 4.24. The Bertz CT molecular complexity index is 151. The van der Waals surface area contributed by atoms with E-state index >= 15 is 0 Å². The topological polar surface area (TPSA) is 47.3 Å². The standard InChI is InChI=1S/C9H18N2O/c10-9(3-4-12-7-9)6-11-5-8-1-2-8/h8,11H,1-7,10H2. The lowest BCUT2D eigenvalue weighted by molar-refractivity contribution is 0.177. The molecule has 0 aromatic carbocycles. The van der Waals surface area contributed by atoms with Gasteiger partial charge >= 0.3 is 0 Å². The summed E-state index contributed by atoms with van der Waals surface area (Å²) < 4.78 is 5.27. The number of rotatable bonds is 4. The first-order chi connectivity index (χ1) is 5.79. The largest absolute Gasteiger partial charge is 0.379 e. The van der Waals surface area contributed by atoms with Crippen molar-refractivity contribution < 1.29 is 4.74 Å². The quantitative estimate of drug-likeness (QED) is 0.629. The molecular weight excluding hydrogens is 152 g/mol. The van der Waals surface area contributed by atoms with E-state index in [1.165, 1.54) is 12.8 Å². The molecule has 1 aliphatic carbocycles. The molecule has 3 heteroatoms. The summed E-state index contributed by atoms with van der Waals surface area (Å²) in [7, 11) is 0. The summed E-state index contributed by atoms with van der Waals surface area (Å²) in [5.41, 5.74) is 6.00. The normalized spacial score (nSPS) is 35.8. The van der Waals surface area contributed by atoms with E-state index in [9.17, 15) is 0 Å². The third-order valence-electron chi connectivity index (χ3n) is 2.74. The van der Waals surface area contributed by atoms with Gasteiger partial charge in [-0.3, -0.25) is 0 Å². The van der Waals surface area contributed by atoms with Crippen molar-refractivity contribution in [2.24, 2.45) is 11.7 Å². The summed E-state index contributed by atoms with van der Waals surface area (Å²) in [6.45, 7) is 3.63. The van der Waals surface area contributed by atoms with Crippen LogP contribution in [0.2, 0.25) is 0 Å². The Kier molecular flexibility index (Phi) is 2.35. The van der Waals surface area contributed by atoms with Gasteiger partial charge in [-0.1, -0.05) is 0 Å². The van der Waals surface area contributed by atoms with Gasteiger partial charge in [-0.25, -0.2) is 0 Å². The van der Waals surface area contributed by atoms with Gasteiger partial charge in [0.05, 0.1) is 12.1 Å². The van der Waals surface area contributed by atoms with Gasteiger partial charge in [-0.15, -0.1) is 0 Å². The van der Waals surface area contributed by atoms with Crippen LogP contribution in [0.25, 0.3) is 0 Å². The predicted octanol–water partition coefficient (Wildman–Crippen LogP) is 0.104. The SMILES string of the molecule is NC1(CNCC2CC2)CCOC1. The summed E-state index contributed by atoms with van der Waals surface area (Å²) in [4.78, 5) is 0. The second-order valence-electron chi connectivity index (χ2n) is 4.24. The molecule has 0 bridgehead atoms. The third kappa shape index (κ3) is 2.19. The Morgan fingerprint density at radius 3 is 2.92 bits per heavy atom. The molecule has 0 radical (unpaired) electrons. The van der Waals surface area contributed by atoms with Crippen molar-refractivity contribution in [3.63, 3.8) is 0 Å². The van der Waals surface area contributed by atoms with Crippen molar-refractivity contribution in [3.05, 3.63) is 0 Å². The summed E-state index contributed by atoms with van der Waals surface area (Å²) in [6.07, 6.45) is 3.81. The fourth-order valence-corrected chi connectivity index (χ4v) is 1.61. The first-order valence-corrected chi connectivity index (χ1v) is 4.86. The van der Waals surface area contributed by atoms with Crippen LogP contribution in [0.4, 0.5) is 0 Å². The molecule has 1 heterocycles. The van der Waals surface area contributed by atoms with Crippen molar-refractivity contribution in [2.45, 2.75) is 24.8 Å². The lowest BCUT2D eigenvalue weighted by atomic mass is 10.0. The maximum Gasteiger partial charge on any atom is 0.0659 e. The monoisotopic (exact) mass is 170 g/mol. The van der Waals surface area contributed by atoms with E-state index in [0.717, 1.165) is 38.6 Å². The van der Waals surface area contributed by atoms with Crippen LogP contribution in [0.1, 0.15) is 19.3 Å². The summed E-state index contributed by atoms with van der Waals surface area (Å²) in [5.74, 6) is 0.941. The van der Waals surface area contributed by atoms with E-state index in [2.05, 4.69) is 5.32 Å². The number of nitrogens with one attached hydrogen (secondary N) is 1. The van der Waals surface area contributed by atoms with Crippen LogP contribution >= 0.6 is 0 Å². The number of nitrogens with two attached hydrogens (primary N) is 1. The fraction of sp³-hybridized carbons (Fsp3) is 1.00. The van der Waals surface area contributed by atoms with E-state index in [1.807, 2.05) is 0 Å². The van der Waals surface area contributed by atoms with Gasteiger partial charge in [-0.05, 0) is 31.7 Å². The highest BCUT2D eigenvalue weighted by atomic mass is 16.5. The molecule has 1 saturated heterocycles. The molecule has 3 N–H and O–H groups in total. The molecule has 2 rings (SSSR count). The van der Waals surface area contributed by atoms with Gasteiger partial charge in [0.25, 0.3) is 0 Å². The maximum atomic E-state index is 6.08. The van der Waals surface area contributed by atoms with Crippen LogP contribution in [-0.4, -0.2) is 31.8 Å². The van der Waals surface area contributed by atoms with Crippen LogP contribution in [0.5, 0.6) is 0 Å². The van der Waals surface area contributed by atoms with E-state index in [1.54, 1.807) is 0 Å². The second kappa shape index (κ2) is 3.32. The molecule has 70 valence electrons. The Balaban J connectivity index is 1.63. The highest BCUT2D eigenvalue weighted by Crippen LogP contribution is 2.27. The molecule has 0 aromatic rings. The minimum atomic E-state index is -0.0745. The Labute approximate surface area is 73.7 Å². The van der Waals surface area contributed by atoms with E-state index in [0.29, 0.717) is 0 Å².